The van der Waals surface area contributed by atoms with Gasteiger partial charge in [-0.3, -0.25) is 4.98 Å². The number of rotatable bonds is 6. The van der Waals surface area contributed by atoms with E-state index in [-0.39, 0.29) is 28.0 Å². The van der Waals surface area contributed by atoms with Crippen molar-refractivity contribution in [1.29, 1.82) is 0 Å². The van der Waals surface area contributed by atoms with Crippen LogP contribution in [-0.4, -0.2) is 32.5 Å². The van der Waals surface area contributed by atoms with Gasteiger partial charge in [0.25, 0.3) is 0 Å². The van der Waals surface area contributed by atoms with Crippen LogP contribution in [0.5, 0.6) is 11.5 Å². The Balaban J connectivity index is 1.99. The average molecular weight is 435 g/mol. The van der Waals surface area contributed by atoms with Crippen LogP contribution in [0.4, 0.5) is 0 Å². The van der Waals surface area contributed by atoms with Crippen LogP contribution in [0.15, 0.2) is 53.6 Å². The minimum atomic E-state index is -3.88. The molecule has 0 spiro atoms. The molecule has 152 valence electrons. The van der Waals surface area contributed by atoms with Gasteiger partial charge in [-0.05, 0) is 56.3 Å². The van der Waals surface area contributed by atoms with E-state index in [0.717, 1.165) is 0 Å². The predicted octanol–water partition coefficient (Wildman–Crippen LogP) is 3.80. The third-order valence-corrected chi connectivity index (χ3v) is 5.97. The monoisotopic (exact) mass is 434 g/mol. The Morgan fingerprint density at radius 1 is 1.14 bits per heavy atom. The number of halogens is 1. The molecule has 1 heterocycles. The maximum atomic E-state index is 12.7. The van der Waals surface area contributed by atoms with Gasteiger partial charge >= 0.3 is 5.97 Å². The molecule has 7 nitrogen and oxygen atoms in total. The molecule has 29 heavy (non-hydrogen) atoms. The molecule has 0 saturated carbocycles. The molecule has 2 aromatic carbocycles. The molecule has 0 aliphatic rings. The summed E-state index contributed by atoms with van der Waals surface area (Å²) in [5, 5.41) is 1.11. The van der Waals surface area contributed by atoms with Crippen LogP contribution in [0, 0.1) is 0 Å². The highest BCUT2D eigenvalue weighted by molar-refractivity contribution is 7.89. The Kier molecular flexibility index (Phi) is 6.07. The van der Waals surface area contributed by atoms with Crippen molar-refractivity contribution < 1.29 is 22.7 Å². The molecular formula is C20H19ClN2O5S. The highest BCUT2D eigenvalue weighted by Gasteiger charge is 2.23. The quantitative estimate of drug-likeness (QED) is 0.468. The zero-order chi connectivity index (χ0) is 21.2. The zero-order valence-electron chi connectivity index (χ0n) is 16.0. The van der Waals surface area contributed by atoms with Gasteiger partial charge in [0.2, 0.25) is 10.0 Å². The summed E-state index contributed by atoms with van der Waals surface area (Å²) in [6.45, 7) is 3.39. The Hall–Kier alpha value is -2.68. The number of carbonyl (C=O) groups is 1. The Bertz CT molecular complexity index is 1180. The van der Waals surface area contributed by atoms with E-state index in [1.165, 1.54) is 31.4 Å². The van der Waals surface area contributed by atoms with Gasteiger partial charge < -0.3 is 9.47 Å². The fourth-order valence-electron chi connectivity index (χ4n) is 2.74. The second kappa shape index (κ2) is 8.36. The molecule has 0 radical (unpaired) electrons. The number of nitrogens with zero attached hydrogens (tertiary/aromatic N) is 1. The number of sulfonamides is 1. The molecule has 0 amide bonds. The van der Waals surface area contributed by atoms with E-state index in [4.69, 9.17) is 21.1 Å². The third kappa shape index (κ3) is 4.50. The van der Waals surface area contributed by atoms with E-state index in [9.17, 15) is 13.2 Å². The molecule has 9 heteroatoms. The number of nitrogens with one attached hydrogen (secondary N) is 1. The first-order chi connectivity index (χ1) is 13.7. The van der Waals surface area contributed by atoms with E-state index in [1.54, 1.807) is 38.2 Å². The van der Waals surface area contributed by atoms with E-state index >= 15 is 0 Å². The molecule has 0 saturated heterocycles. The minimum absolute atomic E-state index is 0.0500. The molecule has 0 atom stereocenters. The summed E-state index contributed by atoms with van der Waals surface area (Å²) < 4.78 is 38.3. The van der Waals surface area contributed by atoms with Gasteiger partial charge in [-0.1, -0.05) is 11.6 Å². The van der Waals surface area contributed by atoms with Crippen LogP contribution in [-0.2, 0) is 10.0 Å². The molecule has 0 unspecified atom stereocenters. The number of hydrogen-bond acceptors (Lipinski definition) is 6. The standard InChI is InChI=1S/C20H19ClN2O5S/c1-12(2)23-29(25,26)18-11-13(6-8-16(18)27-3)20(24)28-17-9-7-15(21)14-5-4-10-22-19(14)17/h4-12,23H,1-3H3. The van der Waals surface area contributed by atoms with Crippen LogP contribution >= 0.6 is 11.6 Å². The van der Waals surface area contributed by atoms with Gasteiger partial charge in [0, 0.05) is 17.6 Å². The number of carbonyl (C=O) groups excluding carboxylic acids is 1. The Morgan fingerprint density at radius 3 is 2.55 bits per heavy atom. The smallest absolute Gasteiger partial charge is 0.343 e. The van der Waals surface area contributed by atoms with Crippen molar-refractivity contribution in [2.24, 2.45) is 0 Å². The van der Waals surface area contributed by atoms with Gasteiger partial charge in [-0.15, -0.1) is 0 Å². The van der Waals surface area contributed by atoms with Crippen molar-refractivity contribution in [3.05, 3.63) is 59.2 Å². The van der Waals surface area contributed by atoms with Crippen molar-refractivity contribution in [1.82, 2.24) is 9.71 Å². The van der Waals surface area contributed by atoms with Crippen LogP contribution in [0.25, 0.3) is 10.9 Å². The SMILES string of the molecule is COc1ccc(C(=O)Oc2ccc(Cl)c3cccnc23)cc1S(=O)(=O)NC(C)C. The summed E-state index contributed by atoms with van der Waals surface area (Å²) in [6, 6.07) is 10.4. The van der Waals surface area contributed by atoms with Gasteiger partial charge in [0.05, 0.1) is 17.7 Å². The van der Waals surface area contributed by atoms with E-state index < -0.39 is 16.0 Å². The number of benzene rings is 2. The maximum absolute atomic E-state index is 12.7. The molecular weight excluding hydrogens is 416 g/mol. The summed E-state index contributed by atoms with van der Waals surface area (Å²) in [4.78, 5) is 16.8. The number of methoxy groups -OCH3 is 1. The zero-order valence-corrected chi connectivity index (χ0v) is 17.5. The van der Waals surface area contributed by atoms with Crippen molar-refractivity contribution in [2.75, 3.05) is 7.11 Å². The number of fused-ring (bicyclic) bond motifs is 1. The second-order valence-electron chi connectivity index (χ2n) is 6.48. The van der Waals surface area contributed by atoms with Crippen molar-refractivity contribution in [3.8, 4) is 11.5 Å². The molecule has 1 N–H and O–H groups in total. The van der Waals surface area contributed by atoms with Gasteiger partial charge in [-0.2, -0.15) is 0 Å². The topological polar surface area (TPSA) is 94.6 Å². The van der Waals surface area contributed by atoms with Gasteiger partial charge in [0.15, 0.2) is 5.75 Å². The van der Waals surface area contributed by atoms with E-state index in [0.29, 0.717) is 15.9 Å². The van der Waals surface area contributed by atoms with Crippen molar-refractivity contribution in [2.45, 2.75) is 24.8 Å². The second-order valence-corrected chi connectivity index (χ2v) is 8.57. The predicted molar refractivity (Wildman–Crippen MR) is 110 cm³/mol. The van der Waals surface area contributed by atoms with Crippen LogP contribution < -0.4 is 14.2 Å². The lowest BCUT2D eigenvalue weighted by molar-refractivity contribution is 0.0736. The Labute approximate surface area is 173 Å². The highest BCUT2D eigenvalue weighted by atomic mass is 35.5. The summed E-state index contributed by atoms with van der Waals surface area (Å²) in [7, 11) is -2.53. The molecule has 3 rings (SSSR count). The van der Waals surface area contributed by atoms with Crippen LogP contribution in [0.2, 0.25) is 5.02 Å². The molecule has 3 aromatic rings. The number of pyridine rings is 1. The van der Waals surface area contributed by atoms with Crippen LogP contribution in [0.1, 0.15) is 24.2 Å². The van der Waals surface area contributed by atoms with Crippen LogP contribution in [0.3, 0.4) is 0 Å². The average Bonchev–Trinajstić information content (AvgIpc) is 2.69. The van der Waals surface area contributed by atoms with E-state index in [1.807, 2.05) is 0 Å². The normalized spacial score (nSPS) is 11.6. The number of aromatic nitrogens is 1. The summed E-state index contributed by atoms with van der Waals surface area (Å²) in [6.07, 6.45) is 1.56. The van der Waals surface area contributed by atoms with Crippen molar-refractivity contribution >= 4 is 38.5 Å². The first kappa shape index (κ1) is 21.0. The first-order valence-electron chi connectivity index (χ1n) is 8.68. The number of ether oxygens (including phenoxy) is 2. The number of esters is 1. The maximum Gasteiger partial charge on any atom is 0.343 e. The summed E-state index contributed by atoms with van der Waals surface area (Å²) in [5.74, 6) is -0.397. The molecule has 0 aliphatic heterocycles. The first-order valence-corrected chi connectivity index (χ1v) is 10.5. The van der Waals surface area contributed by atoms with Gasteiger partial charge in [-0.25, -0.2) is 17.9 Å². The molecule has 1 aromatic heterocycles. The fourth-order valence-corrected chi connectivity index (χ4v) is 4.40. The molecule has 0 bridgehead atoms. The minimum Gasteiger partial charge on any atom is -0.495 e. The summed E-state index contributed by atoms with van der Waals surface area (Å²) >= 11 is 6.16. The lowest BCUT2D eigenvalue weighted by Gasteiger charge is -2.14. The summed E-state index contributed by atoms with van der Waals surface area (Å²) in [5.41, 5.74) is 0.477. The molecule has 0 fully saturated rings. The largest absolute Gasteiger partial charge is 0.495 e. The van der Waals surface area contributed by atoms with Gasteiger partial charge in [0.1, 0.15) is 16.2 Å². The Morgan fingerprint density at radius 2 is 1.86 bits per heavy atom. The van der Waals surface area contributed by atoms with Crippen molar-refractivity contribution in [3.63, 3.8) is 0 Å². The fraction of sp³-hybridized carbons (Fsp3) is 0.200. The van der Waals surface area contributed by atoms with E-state index in [2.05, 4.69) is 9.71 Å². The number of hydrogen-bond donors (Lipinski definition) is 1. The highest BCUT2D eigenvalue weighted by Crippen LogP contribution is 2.31. The lowest BCUT2D eigenvalue weighted by Crippen LogP contribution is -2.30. The molecule has 0 aliphatic carbocycles. The third-order valence-electron chi connectivity index (χ3n) is 3.96. The lowest BCUT2D eigenvalue weighted by atomic mass is 10.2.